The summed E-state index contributed by atoms with van der Waals surface area (Å²) in [6.07, 6.45) is -0.184. The van der Waals surface area contributed by atoms with Crippen LogP contribution in [0.5, 0.6) is 0 Å². The molecule has 0 radical (unpaired) electrons. The van der Waals surface area contributed by atoms with E-state index in [2.05, 4.69) is 0 Å². The third kappa shape index (κ3) is 2.53. The molecule has 0 spiro atoms. The normalized spacial score (nSPS) is 10.8. The van der Waals surface area contributed by atoms with Gasteiger partial charge in [0.05, 0.1) is 6.10 Å². The Morgan fingerprint density at radius 1 is 1.29 bits per heavy atom. The molecule has 0 fully saturated rings. The van der Waals surface area contributed by atoms with Crippen LogP contribution < -0.4 is 4.74 Å². The van der Waals surface area contributed by atoms with E-state index in [1.165, 1.54) is 0 Å². The molecule has 0 amide bonds. The average molecular weight is 248 g/mol. The average Bonchev–Trinajstić information content (AvgIpc) is 2.28. The second-order valence-corrected chi connectivity index (χ2v) is 4.95. The molecule has 2 aromatic rings. The lowest BCUT2D eigenvalue weighted by atomic mass is 10.2. The van der Waals surface area contributed by atoms with E-state index in [-0.39, 0.29) is 10.8 Å². The van der Waals surface area contributed by atoms with Crippen molar-refractivity contribution in [2.24, 2.45) is 0 Å². The first-order valence-electron chi connectivity index (χ1n) is 5.32. The van der Waals surface area contributed by atoms with Gasteiger partial charge in [0, 0.05) is 5.39 Å². The van der Waals surface area contributed by atoms with E-state index in [0.717, 1.165) is 16.7 Å². The molecule has 3 nitrogen and oxygen atoms in total. The monoisotopic (exact) mass is 248 g/mol. The zero-order valence-corrected chi connectivity index (χ0v) is 10.4. The summed E-state index contributed by atoms with van der Waals surface area (Å²) in [6, 6.07) is 8.92. The fraction of sp³-hybridized carbons (Fsp3) is 0.231. The van der Waals surface area contributed by atoms with E-state index < -0.39 is 5.97 Å². The number of carbonyl (C=O) groups excluding carboxylic acids is 1. The molecule has 88 valence electrons. The second kappa shape index (κ2) is 4.67. The molecule has 1 aromatic carbocycles. The third-order valence-corrected chi connectivity index (χ3v) is 3.12. The molecule has 0 unspecified atom stereocenters. The molecule has 0 N–H and O–H groups in total. The lowest BCUT2D eigenvalue weighted by Crippen LogP contribution is -2.12. The maximum absolute atomic E-state index is 11.8. The Balaban J connectivity index is 2.50. The number of ether oxygens (including phenoxy) is 1. The van der Waals surface area contributed by atoms with Crippen LogP contribution in [0, 0.1) is 0 Å². The number of carbonyl (C=O) groups is 1. The van der Waals surface area contributed by atoms with Crippen LogP contribution in [0.2, 0.25) is 0 Å². The first-order chi connectivity index (χ1) is 8.08. The SMILES string of the molecule is CC(C)OC(=O)c1cc2ccccc2c(=O)s1. The van der Waals surface area contributed by atoms with Gasteiger partial charge < -0.3 is 4.74 Å². The Hall–Kier alpha value is -1.68. The molecule has 1 heterocycles. The summed E-state index contributed by atoms with van der Waals surface area (Å²) in [7, 11) is 0. The predicted octanol–water partition coefficient (Wildman–Crippen LogP) is 2.83. The van der Waals surface area contributed by atoms with Crippen LogP contribution in [-0.4, -0.2) is 12.1 Å². The number of hydrogen-bond donors (Lipinski definition) is 0. The molecule has 4 heteroatoms. The van der Waals surface area contributed by atoms with Crippen molar-refractivity contribution in [3.05, 3.63) is 44.7 Å². The molecule has 17 heavy (non-hydrogen) atoms. The quantitative estimate of drug-likeness (QED) is 0.767. The van der Waals surface area contributed by atoms with Crippen LogP contribution in [0.3, 0.4) is 0 Å². The third-order valence-electron chi connectivity index (χ3n) is 2.21. The van der Waals surface area contributed by atoms with Gasteiger partial charge in [-0.1, -0.05) is 29.5 Å². The lowest BCUT2D eigenvalue weighted by molar-refractivity contribution is 0.0384. The first kappa shape index (κ1) is 11.8. The fourth-order valence-electron chi connectivity index (χ4n) is 1.51. The zero-order valence-electron chi connectivity index (χ0n) is 9.60. The van der Waals surface area contributed by atoms with Crippen LogP contribution in [0.1, 0.15) is 23.5 Å². The van der Waals surface area contributed by atoms with E-state index >= 15 is 0 Å². The summed E-state index contributed by atoms with van der Waals surface area (Å²) in [5.41, 5.74) is 0. The number of fused-ring (bicyclic) bond motifs is 1. The molecule has 0 aliphatic carbocycles. The summed E-state index contributed by atoms with van der Waals surface area (Å²) in [6.45, 7) is 3.56. The molecular weight excluding hydrogens is 236 g/mol. The highest BCUT2D eigenvalue weighted by Crippen LogP contribution is 2.16. The summed E-state index contributed by atoms with van der Waals surface area (Å²) in [4.78, 5) is 23.9. The minimum absolute atomic E-state index is 0.112. The highest BCUT2D eigenvalue weighted by molar-refractivity contribution is 7.11. The van der Waals surface area contributed by atoms with Crippen molar-refractivity contribution in [1.82, 2.24) is 0 Å². The van der Waals surface area contributed by atoms with E-state index in [1.54, 1.807) is 26.0 Å². The van der Waals surface area contributed by atoms with Gasteiger partial charge >= 0.3 is 5.97 Å². The van der Waals surface area contributed by atoms with Gasteiger partial charge in [-0.2, -0.15) is 0 Å². The Morgan fingerprint density at radius 2 is 2.00 bits per heavy atom. The standard InChI is InChI=1S/C13H12O3S/c1-8(2)16-12(14)11-7-9-5-3-4-6-10(9)13(15)17-11/h3-8H,1-2H3. The highest BCUT2D eigenvalue weighted by Gasteiger charge is 2.12. The van der Waals surface area contributed by atoms with Crippen LogP contribution >= 0.6 is 11.3 Å². The van der Waals surface area contributed by atoms with E-state index in [0.29, 0.717) is 10.3 Å². The Morgan fingerprint density at radius 3 is 2.71 bits per heavy atom. The minimum Gasteiger partial charge on any atom is -0.459 e. The van der Waals surface area contributed by atoms with Gasteiger partial charge in [0.2, 0.25) is 4.74 Å². The molecule has 0 saturated heterocycles. The second-order valence-electron chi connectivity index (χ2n) is 3.94. The molecule has 0 aliphatic rings. The van der Waals surface area contributed by atoms with Crippen LogP contribution in [-0.2, 0) is 4.74 Å². The molecule has 0 aliphatic heterocycles. The van der Waals surface area contributed by atoms with Crippen molar-refractivity contribution in [1.29, 1.82) is 0 Å². The first-order valence-corrected chi connectivity index (χ1v) is 6.13. The molecule has 0 atom stereocenters. The predicted molar refractivity (Wildman–Crippen MR) is 68.6 cm³/mol. The Bertz CT molecular complexity index is 613. The number of benzene rings is 1. The summed E-state index contributed by atoms with van der Waals surface area (Å²) < 4.78 is 4.96. The minimum atomic E-state index is -0.437. The molecule has 0 bridgehead atoms. The van der Waals surface area contributed by atoms with Crippen molar-refractivity contribution >= 4 is 28.1 Å². The van der Waals surface area contributed by atoms with Crippen molar-refractivity contribution in [3.63, 3.8) is 0 Å². The van der Waals surface area contributed by atoms with E-state index in [1.807, 2.05) is 18.2 Å². The van der Waals surface area contributed by atoms with Gasteiger partial charge in [0.25, 0.3) is 0 Å². The zero-order chi connectivity index (χ0) is 12.4. The fourth-order valence-corrected chi connectivity index (χ4v) is 2.32. The maximum Gasteiger partial charge on any atom is 0.348 e. The van der Waals surface area contributed by atoms with Crippen LogP contribution in [0.4, 0.5) is 0 Å². The lowest BCUT2D eigenvalue weighted by Gasteiger charge is -2.07. The van der Waals surface area contributed by atoms with Gasteiger partial charge in [0.1, 0.15) is 4.88 Å². The number of hydrogen-bond acceptors (Lipinski definition) is 4. The summed E-state index contributed by atoms with van der Waals surface area (Å²) in [5.74, 6) is -0.437. The van der Waals surface area contributed by atoms with E-state index in [4.69, 9.17) is 4.74 Å². The van der Waals surface area contributed by atoms with Crippen molar-refractivity contribution in [3.8, 4) is 0 Å². The van der Waals surface area contributed by atoms with Gasteiger partial charge in [-0.05, 0) is 31.4 Å². The summed E-state index contributed by atoms with van der Waals surface area (Å²) in [5, 5.41) is 1.41. The molecular formula is C13H12O3S. The van der Waals surface area contributed by atoms with Crippen LogP contribution in [0.15, 0.2) is 35.1 Å². The van der Waals surface area contributed by atoms with Gasteiger partial charge in [0.15, 0.2) is 0 Å². The maximum atomic E-state index is 11.8. The van der Waals surface area contributed by atoms with Gasteiger partial charge in [-0.25, -0.2) is 4.79 Å². The molecule has 2 rings (SSSR count). The number of rotatable bonds is 2. The summed E-state index contributed by atoms with van der Waals surface area (Å²) >= 11 is 0.927. The van der Waals surface area contributed by atoms with Crippen molar-refractivity contribution < 1.29 is 9.53 Å². The topological polar surface area (TPSA) is 43.4 Å². The Kier molecular flexibility index (Phi) is 3.24. The van der Waals surface area contributed by atoms with Crippen LogP contribution in [0.25, 0.3) is 10.8 Å². The van der Waals surface area contributed by atoms with Crippen molar-refractivity contribution in [2.45, 2.75) is 20.0 Å². The smallest absolute Gasteiger partial charge is 0.348 e. The van der Waals surface area contributed by atoms with Gasteiger partial charge in [-0.15, -0.1) is 0 Å². The van der Waals surface area contributed by atoms with Gasteiger partial charge in [-0.3, -0.25) is 4.79 Å². The highest BCUT2D eigenvalue weighted by atomic mass is 32.1. The Labute approximate surface area is 103 Å². The molecule has 0 saturated carbocycles. The molecule has 1 aromatic heterocycles. The largest absolute Gasteiger partial charge is 0.459 e. The van der Waals surface area contributed by atoms with E-state index in [9.17, 15) is 9.59 Å². The van der Waals surface area contributed by atoms with Crippen molar-refractivity contribution in [2.75, 3.05) is 0 Å². The number of esters is 1.